The van der Waals surface area contributed by atoms with Gasteiger partial charge in [-0.25, -0.2) is 4.79 Å². The minimum atomic E-state index is -0.810. The van der Waals surface area contributed by atoms with Crippen LogP contribution in [0, 0.1) is 5.92 Å². The van der Waals surface area contributed by atoms with Gasteiger partial charge in [0.15, 0.2) is 0 Å². The fourth-order valence-corrected chi connectivity index (χ4v) is 1.91. The van der Waals surface area contributed by atoms with Crippen molar-refractivity contribution in [2.24, 2.45) is 5.92 Å². The van der Waals surface area contributed by atoms with E-state index >= 15 is 0 Å². The lowest BCUT2D eigenvalue weighted by Gasteiger charge is -2.24. The number of likely N-dealkylation sites (tertiary alicyclic amines) is 1. The van der Waals surface area contributed by atoms with Crippen LogP contribution in [0.3, 0.4) is 0 Å². The van der Waals surface area contributed by atoms with Gasteiger partial charge in [-0.3, -0.25) is 4.79 Å². The SMILES string of the molecule is CC1CCN(C(=O)N(C)CCCC(=O)O)C1. The zero-order valence-corrected chi connectivity index (χ0v) is 9.98. The fourth-order valence-electron chi connectivity index (χ4n) is 1.91. The summed E-state index contributed by atoms with van der Waals surface area (Å²) in [7, 11) is 1.73. The van der Waals surface area contributed by atoms with Crippen molar-refractivity contribution < 1.29 is 14.7 Å². The van der Waals surface area contributed by atoms with Gasteiger partial charge in [-0.15, -0.1) is 0 Å². The van der Waals surface area contributed by atoms with Gasteiger partial charge >= 0.3 is 12.0 Å². The highest BCUT2D eigenvalue weighted by atomic mass is 16.4. The van der Waals surface area contributed by atoms with E-state index in [0.717, 1.165) is 19.5 Å². The molecule has 5 heteroatoms. The number of urea groups is 1. The van der Waals surface area contributed by atoms with E-state index in [1.54, 1.807) is 11.9 Å². The smallest absolute Gasteiger partial charge is 0.319 e. The van der Waals surface area contributed by atoms with Gasteiger partial charge in [-0.1, -0.05) is 6.92 Å². The second-order valence-electron chi connectivity index (χ2n) is 4.54. The first-order chi connectivity index (χ1) is 7.50. The van der Waals surface area contributed by atoms with Crippen LogP contribution in [0.25, 0.3) is 0 Å². The molecule has 5 nitrogen and oxygen atoms in total. The molecule has 0 aromatic heterocycles. The molecule has 1 saturated heterocycles. The van der Waals surface area contributed by atoms with E-state index in [0.29, 0.717) is 18.9 Å². The first kappa shape index (κ1) is 12.8. The Morgan fingerprint density at radius 3 is 2.69 bits per heavy atom. The molecule has 1 aliphatic rings. The number of carbonyl (C=O) groups excluding carboxylic acids is 1. The van der Waals surface area contributed by atoms with Crippen molar-refractivity contribution in [3.8, 4) is 0 Å². The van der Waals surface area contributed by atoms with Gasteiger partial charge in [-0.05, 0) is 18.8 Å². The number of carboxylic acid groups (broad SMARTS) is 1. The van der Waals surface area contributed by atoms with Crippen molar-refractivity contribution >= 4 is 12.0 Å². The van der Waals surface area contributed by atoms with Gasteiger partial charge in [0, 0.05) is 33.1 Å². The van der Waals surface area contributed by atoms with Crippen LogP contribution in [0.2, 0.25) is 0 Å². The quantitative estimate of drug-likeness (QED) is 0.787. The maximum absolute atomic E-state index is 11.9. The molecule has 1 aliphatic heterocycles. The van der Waals surface area contributed by atoms with E-state index in [9.17, 15) is 9.59 Å². The third-order valence-electron chi connectivity index (χ3n) is 2.91. The molecule has 16 heavy (non-hydrogen) atoms. The average molecular weight is 228 g/mol. The van der Waals surface area contributed by atoms with Gasteiger partial charge < -0.3 is 14.9 Å². The van der Waals surface area contributed by atoms with E-state index in [2.05, 4.69) is 6.92 Å². The number of rotatable bonds is 4. The summed E-state index contributed by atoms with van der Waals surface area (Å²) in [5.74, 6) is -0.230. The van der Waals surface area contributed by atoms with Crippen LogP contribution in [0.1, 0.15) is 26.2 Å². The third-order valence-corrected chi connectivity index (χ3v) is 2.91. The van der Waals surface area contributed by atoms with Crippen molar-refractivity contribution in [3.05, 3.63) is 0 Å². The standard InChI is InChI=1S/C11H20N2O3/c1-9-5-7-13(8-9)11(16)12(2)6-3-4-10(14)15/h9H,3-8H2,1-2H3,(H,14,15). The Morgan fingerprint density at radius 1 is 1.50 bits per heavy atom. The second-order valence-corrected chi connectivity index (χ2v) is 4.54. The minimum absolute atomic E-state index is 0.0229. The number of hydrogen-bond donors (Lipinski definition) is 1. The molecule has 1 rings (SSSR count). The molecule has 0 spiro atoms. The molecular weight excluding hydrogens is 208 g/mol. The Kier molecular flexibility index (Phi) is 4.58. The van der Waals surface area contributed by atoms with E-state index < -0.39 is 5.97 Å². The summed E-state index contributed by atoms with van der Waals surface area (Å²) in [6.45, 7) is 4.29. The van der Waals surface area contributed by atoms with E-state index in [1.807, 2.05) is 4.90 Å². The molecule has 0 aromatic rings. The monoisotopic (exact) mass is 228 g/mol. The summed E-state index contributed by atoms with van der Waals surface area (Å²) in [6, 6.07) is 0.0229. The topological polar surface area (TPSA) is 60.9 Å². The van der Waals surface area contributed by atoms with Crippen LogP contribution in [-0.4, -0.2) is 53.6 Å². The summed E-state index contributed by atoms with van der Waals surface area (Å²) >= 11 is 0. The molecule has 1 heterocycles. The largest absolute Gasteiger partial charge is 0.481 e. The Hall–Kier alpha value is -1.26. The summed E-state index contributed by atoms with van der Waals surface area (Å²) in [5.41, 5.74) is 0. The van der Waals surface area contributed by atoms with Crippen molar-refractivity contribution in [2.75, 3.05) is 26.7 Å². The molecule has 92 valence electrons. The molecule has 0 aromatic carbocycles. The molecular formula is C11H20N2O3. The highest BCUT2D eigenvalue weighted by Gasteiger charge is 2.25. The fraction of sp³-hybridized carbons (Fsp3) is 0.818. The lowest BCUT2D eigenvalue weighted by molar-refractivity contribution is -0.137. The number of nitrogens with zero attached hydrogens (tertiary/aromatic N) is 2. The molecule has 1 atom stereocenters. The summed E-state index contributed by atoms with van der Waals surface area (Å²) in [6.07, 6.45) is 1.70. The van der Waals surface area contributed by atoms with Crippen molar-refractivity contribution in [1.29, 1.82) is 0 Å². The summed E-state index contributed by atoms with van der Waals surface area (Å²) < 4.78 is 0. The van der Waals surface area contributed by atoms with E-state index in [-0.39, 0.29) is 12.5 Å². The van der Waals surface area contributed by atoms with E-state index in [4.69, 9.17) is 5.11 Å². The van der Waals surface area contributed by atoms with Gasteiger partial charge in [0.2, 0.25) is 0 Å². The average Bonchev–Trinajstić information content (AvgIpc) is 2.63. The van der Waals surface area contributed by atoms with Crippen LogP contribution in [0.5, 0.6) is 0 Å². The van der Waals surface area contributed by atoms with Crippen molar-refractivity contribution in [3.63, 3.8) is 0 Å². The highest BCUT2D eigenvalue weighted by Crippen LogP contribution is 2.16. The normalized spacial score (nSPS) is 19.9. The first-order valence-corrected chi connectivity index (χ1v) is 5.72. The molecule has 1 N–H and O–H groups in total. The molecule has 0 bridgehead atoms. The second kappa shape index (κ2) is 5.72. The van der Waals surface area contributed by atoms with Gasteiger partial charge in [0.05, 0.1) is 0 Å². The lowest BCUT2D eigenvalue weighted by atomic mass is 10.2. The number of hydrogen-bond acceptors (Lipinski definition) is 2. The maximum atomic E-state index is 11.9. The Morgan fingerprint density at radius 2 is 2.19 bits per heavy atom. The number of aliphatic carboxylic acids is 1. The van der Waals surface area contributed by atoms with Crippen LogP contribution in [-0.2, 0) is 4.79 Å². The Balaban J connectivity index is 2.27. The maximum Gasteiger partial charge on any atom is 0.319 e. The highest BCUT2D eigenvalue weighted by molar-refractivity contribution is 5.74. The lowest BCUT2D eigenvalue weighted by Crippen LogP contribution is -2.40. The van der Waals surface area contributed by atoms with Crippen LogP contribution in [0.15, 0.2) is 0 Å². The number of carbonyl (C=O) groups is 2. The van der Waals surface area contributed by atoms with Crippen LogP contribution < -0.4 is 0 Å². The predicted octanol–water partition coefficient (Wildman–Crippen LogP) is 1.24. The van der Waals surface area contributed by atoms with Gasteiger partial charge in [0.1, 0.15) is 0 Å². The van der Waals surface area contributed by atoms with Gasteiger partial charge in [-0.2, -0.15) is 0 Å². The van der Waals surface area contributed by atoms with E-state index in [1.165, 1.54) is 0 Å². The number of amides is 2. The minimum Gasteiger partial charge on any atom is -0.481 e. The van der Waals surface area contributed by atoms with Crippen molar-refractivity contribution in [1.82, 2.24) is 9.80 Å². The molecule has 1 fully saturated rings. The molecule has 0 aliphatic carbocycles. The summed E-state index contributed by atoms with van der Waals surface area (Å²) in [5, 5.41) is 8.50. The zero-order valence-electron chi connectivity index (χ0n) is 9.98. The molecule has 1 unspecified atom stereocenters. The van der Waals surface area contributed by atoms with Crippen LogP contribution in [0.4, 0.5) is 4.79 Å². The first-order valence-electron chi connectivity index (χ1n) is 5.72. The predicted molar refractivity (Wildman–Crippen MR) is 60.2 cm³/mol. The van der Waals surface area contributed by atoms with Gasteiger partial charge in [0.25, 0.3) is 0 Å². The third kappa shape index (κ3) is 3.72. The Labute approximate surface area is 96.0 Å². The zero-order chi connectivity index (χ0) is 12.1. The molecule has 2 amide bonds. The molecule has 0 saturated carbocycles. The molecule has 0 radical (unpaired) electrons. The summed E-state index contributed by atoms with van der Waals surface area (Å²) in [4.78, 5) is 25.7. The van der Waals surface area contributed by atoms with Crippen molar-refractivity contribution in [2.45, 2.75) is 26.2 Å². The number of carboxylic acids is 1. The Bertz CT molecular complexity index is 268. The van der Waals surface area contributed by atoms with Crippen LogP contribution >= 0.6 is 0 Å².